The number of methoxy groups -OCH3 is 1. The van der Waals surface area contributed by atoms with Crippen LogP contribution in [0.5, 0.6) is 0 Å². The van der Waals surface area contributed by atoms with E-state index < -0.39 is 0 Å². The maximum absolute atomic E-state index is 5.83. The molecule has 0 aliphatic carbocycles. The van der Waals surface area contributed by atoms with Crippen LogP contribution in [0.25, 0.3) is 0 Å². The standard InChI is InChI=1S/C7H12ClN3OS/c1-5(4-12-3)11(2)7-6(8)9-13-10-7/h5H,4H2,1-3H3. The van der Waals surface area contributed by atoms with Crippen LogP contribution in [0.4, 0.5) is 5.82 Å². The van der Waals surface area contributed by atoms with Crippen LogP contribution in [-0.4, -0.2) is 35.6 Å². The Morgan fingerprint density at radius 1 is 1.62 bits per heavy atom. The van der Waals surface area contributed by atoms with E-state index in [2.05, 4.69) is 8.75 Å². The predicted molar refractivity (Wildman–Crippen MR) is 54.7 cm³/mol. The maximum Gasteiger partial charge on any atom is 0.187 e. The highest BCUT2D eigenvalue weighted by Crippen LogP contribution is 2.22. The average Bonchev–Trinajstić information content (AvgIpc) is 2.50. The Labute approximate surface area is 86.8 Å². The van der Waals surface area contributed by atoms with Crippen molar-refractivity contribution in [3.63, 3.8) is 0 Å². The van der Waals surface area contributed by atoms with Gasteiger partial charge in [-0.2, -0.15) is 8.75 Å². The summed E-state index contributed by atoms with van der Waals surface area (Å²) in [6, 6.07) is 0.242. The second-order valence-corrected chi connectivity index (χ2v) is 3.68. The quantitative estimate of drug-likeness (QED) is 0.775. The van der Waals surface area contributed by atoms with E-state index in [0.717, 1.165) is 17.5 Å². The first-order valence-electron chi connectivity index (χ1n) is 3.86. The number of rotatable bonds is 4. The van der Waals surface area contributed by atoms with Gasteiger partial charge in [0, 0.05) is 14.2 Å². The molecule has 0 radical (unpaired) electrons. The van der Waals surface area contributed by atoms with Crippen LogP contribution >= 0.6 is 23.3 Å². The van der Waals surface area contributed by atoms with Crippen molar-refractivity contribution < 1.29 is 4.74 Å². The van der Waals surface area contributed by atoms with E-state index in [1.54, 1.807) is 7.11 Å². The Kier molecular flexibility index (Phi) is 3.90. The molecule has 6 heteroatoms. The van der Waals surface area contributed by atoms with Gasteiger partial charge in [0.15, 0.2) is 11.0 Å². The van der Waals surface area contributed by atoms with Crippen LogP contribution in [0.1, 0.15) is 6.92 Å². The molecule has 1 aromatic heterocycles. The van der Waals surface area contributed by atoms with E-state index in [9.17, 15) is 0 Å². The van der Waals surface area contributed by atoms with Crippen molar-refractivity contribution >= 4 is 29.1 Å². The van der Waals surface area contributed by atoms with Crippen LogP contribution in [0.3, 0.4) is 0 Å². The van der Waals surface area contributed by atoms with Crippen molar-refractivity contribution in [2.24, 2.45) is 0 Å². The molecule has 0 aromatic carbocycles. The highest BCUT2D eigenvalue weighted by Gasteiger charge is 2.15. The summed E-state index contributed by atoms with van der Waals surface area (Å²) in [6.45, 7) is 2.68. The maximum atomic E-state index is 5.83. The van der Waals surface area contributed by atoms with Gasteiger partial charge in [-0.25, -0.2) is 0 Å². The molecule has 1 rings (SSSR count). The minimum absolute atomic E-state index is 0.242. The summed E-state index contributed by atoms with van der Waals surface area (Å²) in [5.74, 6) is 0.719. The van der Waals surface area contributed by atoms with Gasteiger partial charge in [-0.05, 0) is 6.92 Å². The first kappa shape index (κ1) is 10.7. The molecule has 0 amide bonds. The molecule has 1 heterocycles. The number of nitrogens with zero attached hydrogens (tertiary/aromatic N) is 3. The van der Waals surface area contributed by atoms with Crippen molar-refractivity contribution in [1.29, 1.82) is 0 Å². The van der Waals surface area contributed by atoms with Gasteiger partial charge >= 0.3 is 0 Å². The number of halogens is 1. The van der Waals surface area contributed by atoms with E-state index in [1.165, 1.54) is 0 Å². The lowest BCUT2D eigenvalue weighted by molar-refractivity contribution is 0.183. The van der Waals surface area contributed by atoms with E-state index in [1.807, 2.05) is 18.9 Å². The van der Waals surface area contributed by atoms with Crippen LogP contribution in [0, 0.1) is 0 Å². The van der Waals surface area contributed by atoms with Crippen LogP contribution in [0.2, 0.25) is 5.15 Å². The first-order chi connectivity index (χ1) is 6.16. The van der Waals surface area contributed by atoms with Gasteiger partial charge < -0.3 is 9.64 Å². The summed E-state index contributed by atoms with van der Waals surface area (Å²) in [6.07, 6.45) is 0. The number of hydrogen-bond acceptors (Lipinski definition) is 5. The molecule has 4 nitrogen and oxygen atoms in total. The smallest absolute Gasteiger partial charge is 0.187 e. The average molecular weight is 222 g/mol. The van der Waals surface area contributed by atoms with Crippen LogP contribution in [-0.2, 0) is 4.74 Å². The third-order valence-corrected chi connectivity index (χ3v) is 2.71. The van der Waals surface area contributed by atoms with Crippen molar-refractivity contribution in [2.75, 3.05) is 25.7 Å². The van der Waals surface area contributed by atoms with Gasteiger partial charge in [0.1, 0.15) is 0 Å². The lowest BCUT2D eigenvalue weighted by atomic mass is 10.3. The van der Waals surface area contributed by atoms with Gasteiger partial charge in [-0.15, -0.1) is 0 Å². The first-order valence-corrected chi connectivity index (χ1v) is 4.97. The normalized spacial score (nSPS) is 12.9. The summed E-state index contributed by atoms with van der Waals surface area (Å²) in [5, 5.41) is 0.454. The molecule has 0 aliphatic rings. The Hall–Kier alpha value is -0.390. The monoisotopic (exact) mass is 221 g/mol. The highest BCUT2D eigenvalue weighted by molar-refractivity contribution is 6.99. The summed E-state index contributed by atoms with van der Waals surface area (Å²) >= 11 is 6.95. The zero-order valence-electron chi connectivity index (χ0n) is 7.82. The summed E-state index contributed by atoms with van der Waals surface area (Å²) in [4.78, 5) is 1.95. The SMILES string of the molecule is COCC(C)N(C)c1nsnc1Cl. The molecular weight excluding hydrogens is 210 g/mol. The Bertz CT molecular complexity index is 268. The summed E-state index contributed by atoms with van der Waals surface area (Å²) in [7, 11) is 3.59. The molecule has 1 unspecified atom stereocenters. The number of hydrogen-bond donors (Lipinski definition) is 0. The van der Waals surface area contributed by atoms with Gasteiger partial charge in [0.25, 0.3) is 0 Å². The molecule has 1 atom stereocenters. The topological polar surface area (TPSA) is 38.2 Å². The zero-order valence-corrected chi connectivity index (χ0v) is 9.39. The molecule has 0 saturated heterocycles. The molecule has 0 bridgehead atoms. The number of ether oxygens (including phenoxy) is 1. The van der Waals surface area contributed by atoms with E-state index in [4.69, 9.17) is 16.3 Å². The molecule has 0 spiro atoms. The largest absolute Gasteiger partial charge is 0.383 e. The van der Waals surface area contributed by atoms with E-state index in [-0.39, 0.29) is 6.04 Å². The Morgan fingerprint density at radius 2 is 2.31 bits per heavy atom. The fourth-order valence-corrected chi connectivity index (χ4v) is 1.75. The third kappa shape index (κ3) is 2.52. The molecule has 74 valence electrons. The van der Waals surface area contributed by atoms with Gasteiger partial charge in [0.05, 0.1) is 24.4 Å². The Morgan fingerprint density at radius 3 is 2.77 bits per heavy atom. The number of likely N-dealkylation sites (N-methyl/N-ethyl adjacent to an activating group) is 1. The van der Waals surface area contributed by atoms with Gasteiger partial charge in [-0.3, -0.25) is 0 Å². The van der Waals surface area contributed by atoms with Crippen molar-refractivity contribution in [1.82, 2.24) is 8.75 Å². The third-order valence-electron chi connectivity index (χ3n) is 1.84. The van der Waals surface area contributed by atoms with Crippen molar-refractivity contribution in [2.45, 2.75) is 13.0 Å². The van der Waals surface area contributed by atoms with Crippen molar-refractivity contribution in [3.05, 3.63) is 5.15 Å². The molecule has 0 N–H and O–H groups in total. The fourth-order valence-electron chi connectivity index (χ4n) is 0.945. The van der Waals surface area contributed by atoms with Gasteiger partial charge in [0.2, 0.25) is 0 Å². The van der Waals surface area contributed by atoms with E-state index >= 15 is 0 Å². The van der Waals surface area contributed by atoms with Crippen LogP contribution in [0.15, 0.2) is 0 Å². The zero-order chi connectivity index (χ0) is 9.84. The number of anilines is 1. The molecule has 0 saturated carbocycles. The lowest BCUT2D eigenvalue weighted by Crippen LogP contribution is -2.32. The molecule has 1 aromatic rings. The minimum Gasteiger partial charge on any atom is -0.383 e. The minimum atomic E-state index is 0.242. The second kappa shape index (κ2) is 4.74. The molecule has 13 heavy (non-hydrogen) atoms. The predicted octanol–water partition coefficient (Wildman–Crippen LogP) is 1.66. The van der Waals surface area contributed by atoms with Crippen LogP contribution < -0.4 is 4.90 Å². The molecule has 0 fully saturated rings. The van der Waals surface area contributed by atoms with Crippen molar-refractivity contribution in [3.8, 4) is 0 Å². The molecular formula is C7H12ClN3OS. The second-order valence-electron chi connectivity index (χ2n) is 2.79. The molecule has 0 aliphatic heterocycles. The lowest BCUT2D eigenvalue weighted by Gasteiger charge is -2.23. The summed E-state index contributed by atoms with van der Waals surface area (Å²) in [5.41, 5.74) is 0. The highest BCUT2D eigenvalue weighted by atomic mass is 35.5. The number of aromatic nitrogens is 2. The van der Waals surface area contributed by atoms with Gasteiger partial charge in [-0.1, -0.05) is 11.6 Å². The summed E-state index contributed by atoms with van der Waals surface area (Å²) < 4.78 is 13.0. The van der Waals surface area contributed by atoms with E-state index in [0.29, 0.717) is 11.8 Å². The Balaban J connectivity index is 2.67. The fraction of sp³-hybridized carbons (Fsp3) is 0.714.